The lowest BCUT2D eigenvalue weighted by atomic mass is 10.1. The van der Waals surface area contributed by atoms with Gasteiger partial charge in [-0.3, -0.25) is 9.59 Å². The van der Waals surface area contributed by atoms with Gasteiger partial charge in [0.1, 0.15) is 0 Å². The number of rotatable bonds is 8. The van der Waals surface area contributed by atoms with Crippen LogP contribution in [0.25, 0.3) is 11.4 Å². The zero-order chi connectivity index (χ0) is 18.2. The fraction of sp³-hybridized carbons (Fsp3) is 0.412. The molecule has 0 aliphatic rings. The molecule has 25 heavy (non-hydrogen) atoms. The number of aryl methyl sites for hydroxylation is 1. The number of thioether (sulfide) groups is 1. The highest BCUT2D eigenvalue weighted by Gasteiger charge is 2.12. The standard InChI is InChI=1S/C17H22N4O3S/c1-12-6-8-13(9-7-12)16-19-20-17(21(16)2)25-11-14(22)18-10-4-5-15(23)24-3/h6-9H,4-5,10-11H2,1-3H3,(H,18,22). The molecule has 0 spiro atoms. The molecule has 0 radical (unpaired) electrons. The van der Waals surface area contributed by atoms with Crippen LogP contribution in [0.3, 0.4) is 0 Å². The number of amides is 1. The second-order valence-electron chi connectivity index (χ2n) is 5.55. The van der Waals surface area contributed by atoms with Crippen molar-refractivity contribution in [2.24, 2.45) is 7.05 Å². The van der Waals surface area contributed by atoms with E-state index >= 15 is 0 Å². The highest BCUT2D eigenvalue weighted by atomic mass is 32.2. The fourth-order valence-electron chi connectivity index (χ4n) is 2.14. The van der Waals surface area contributed by atoms with Gasteiger partial charge in [-0.25, -0.2) is 0 Å². The average Bonchev–Trinajstić information content (AvgIpc) is 2.98. The van der Waals surface area contributed by atoms with Gasteiger partial charge in [0, 0.05) is 25.6 Å². The van der Waals surface area contributed by atoms with Gasteiger partial charge in [-0.2, -0.15) is 0 Å². The molecule has 0 unspecified atom stereocenters. The van der Waals surface area contributed by atoms with Crippen LogP contribution in [0.15, 0.2) is 29.4 Å². The molecule has 0 bridgehead atoms. The SMILES string of the molecule is COC(=O)CCCNC(=O)CSc1nnc(-c2ccc(C)cc2)n1C. The Hall–Kier alpha value is -2.35. The van der Waals surface area contributed by atoms with Gasteiger partial charge in [0.25, 0.3) is 0 Å². The van der Waals surface area contributed by atoms with E-state index in [9.17, 15) is 9.59 Å². The van der Waals surface area contributed by atoms with Crippen molar-refractivity contribution >= 4 is 23.6 Å². The Kier molecular flexibility index (Phi) is 7.00. The first-order chi connectivity index (χ1) is 12.0. The third kappa shape index (κ3) is 5.60. The molecular formula is C17H22N4O3S. The monoisotopic (exact) mass is 362 g/mol. The Labute approximate surface area is 151 Å². The molecule has 1 heterocycles. The van der Waals surface area contributed by atoms with E-state index < -0.39 is 0 Å². The van der Waals surface area contributed by atoms with E-state index in [4.69, 9.17) is 0 Å². The lowest BCUT2D eigenvalue weighted by molar-refractivity contribution is -0.140. The van der Waals surface area contributed by atoms with Crippen molar-refractivity contribution in [1.29, 1.82) is 0 Å². The zero-order valence-electron chi connectivity index (χ0n) is 14.6. The summed E-state index contributed by atoms with van der Waals surface area (Å²) in [5.41, 5.74) is 2.17. The third-order valence-electron chi connectivity index (χ3n) is 3.58. The van der Waals surface area contributed by atoms with Crippen molar-refractivity contribution in [1.82, 2.24) is 20.1 Å². The number of ether oxygens (including phenoxy) is 1. The molecule has 0 aliphatic carbocycles. The quantitative estimate of drug-likeness (QED) is 0.439. The molecule has 0 saturated heterocycles. The van der Waals surface area contributed by atoms with E-state index in [1.165, 1.54) is 24.4 Å². The minimum atomic E-state index is -0.272. The van der Waals surface area contributed by atoms with E-state index in [0.717, 1.165) is 11.4 Å². The third-order valence-corrected chi connectivity index (χ3v) is 4.60. The van der Waals surface area contributed by atoms with Gasteiger partial charge in [-0.1, -0.05) is 41.6 Å². The maximum atomic E-state index is 11.9. The van der Waals surface area contributed by atoms with Crippen molar-refractivity contribution in [3.05, 3.63) is 29.8 Å². The summed E-state index contributed by atoms with van der Waals surface area (Å²) in [6.45, 7) is 2.48. The van der Waals surface area contributed by atoms with E-state index in [2.05, 4.69) is 20.3 Å². The van der Waals surface area contributed by atoms with Crippen molar-refractivity contribution < 1.29 is 14.3 Å². The number of aromatic nitrogens is 3. The number of hydrogen-bond donors (Lipinski definition) is 1. The minimum Gasteiger partial charge on any atom is -0.469 e. The Morgan fingerprint density at radius 1 is 1.24 bits per heavy atom. The first-order valence-corrected chi connectivity index (χ1v) is 8.92. The Balaban J connectivity index is 1.82. The summed E-state index contributed by atoms with van der Waals surface area (Å²) in [6.07, 6.45) is 0.859. The molecule has 0 saturated carbocycles. The first-order valence-electron chi connectivity index (χ1n) is 7.94. The summed E-state index contributed by atoms with van der Waals surface area (Å²) in [5.74, 6) is 0.639. The molecule has 1 aromatic heterocycles. The topological polar surface area (TPSA) is 86.1 Å². The van der Waals surface area contributed by atoms with Gasteiger partial charge in [-0.05, 0) is 13.3 Å². The molecule has 134 valence electrons. The van der Waals surface area contributed by atoms with Crippen LogP contribution in [0, 0.1) is 6.92 Å². The van der Waals surface area contributed by atoms with Crippen LogP contribution < -0.4 is 5.32 Å². The van der Waals surface area contributed by atoms with E-state index in [-0.39, 0.29) is 17.6 Å². The van der Waals surface area contributed by atoms with Gasteiger partial charge in [0.05, 0.1) is 12.9 Å². The molecule has 2 aromatic rings. The molecule has 0 aliphatic heterocycles. The normalized spacial score (nSPS) is 10.5. The second kappa shape index (κ2) is 9.22. The van der Waals surface area contributed by atoms with E-state index in [0.29, 0.717) is 24.5 Å². The molecular weight excluding hydrogens is 340 g/mol. The largest absolute Gasteiger partial charge is 0.469 e. The van der Waals surface area contributed by atoms with Crippen LogP contribution >= 0.6 is 11.8 Å². The number of methoxy groups -OCH3 is 1. The zero-order valence-corrected chi connectivity index (χ0v) is 15.4. The number of nitrogens with zero attached hydrogens (tertiary/aromatic N) is 3. The highest BCUT2D eigenvalue weighted by molar-refractivity contribution is 7.99. The number of carbonyl (C=O) groups excluding carboxylic acids is 2. The van der Waals surface area contributed by atoms with Gasteiger partial charge in [-0.15, -0.1) is 10.2 Å². The lowest BCUT2D eigenvalue weighted by Gasteiger charge is -2.05. The number of benzene rings is 1. The summed E-state index contributed by atoms with van der Waals surface area (Å²) >= 11 is 1.33. The van der Waals surface area contributed by atoms with Gasteiger partial charge >= 0.3 is 5.97 Å². The van der Waals surface area contributed by atoms with Crippen molar-refractivity contribution in [2.75, 3.05) is 19.4 Å². The molecule has 8 heteroatoms. The predicted molar refractivity (Wildman–Crippen MR) is 96.2 cm³/mol. The van der Waals surface area contributed by atoms with Crippen LogP contribution in [0.4, 0.5) is 0 Å². The Bertz CT molecular complexity index is 728. The molecule has 1 aromatic carbocycles. The lowest BCUT2D eigenvalue weighted by Crippen LogP contribution is -2.26. The van der Waals surface area contributed by atoms with E-state index in [1.807, 2.05) is 42.8 Å². The van der Waals surface area contributed by atoms with Crippen LogP contribution in [0.2, 0.25) is 0 Å². The van der Waals surface area contributed by atoms with E-state index in [1.54, 1.807) is 0 Å². The second-order valence-corrected chi connectivity index (χ2v) is 6.49. The number of carbonyl (C=O) groups is 2. The molecule has 0 atom stereocenters. The van der Waals surface area contributed by atoms with Crippen LogP contribution in [0.5, 0.6) is 0 Å². The van der Waals surface area contributed by atoms with Crippen molar-refractivity contribution in [2.45, 2.75) is 24.9 Å². The average molecular weight is 362 g/mol. The van der Waals surface area contributed by atoms with Gasteiger partial charge in [0.15, 0.2) is 11.0 Å². The smallest absolute Gasteiger partial charge is 0.305 e. The Morgan fingerprint density at radius 2 is 1.96 bits per heavy atom. The maximum Gasteiger partial charge on any atom is 0.305 e. The van der Waals surface area contributed by atoms with Crippen LogP contribution in [0.1, 0.15) is 18.4 Å². The summed E-state index contributed by atoms with van der Waals surface area (Å²) in [7, 11) is 3.23. The highest BCUT2D eigenvalue weighted by Crippen LogP contribution is 2.22. The van der Waals surface area contributed by atoms with Crippen LogP contribution in [-0.4, -0.2) is 46.0 Å². The van der Waals surface area contributed by atoms with Gasteiger partial charge < -0.3 is 14.6 Å². The molecule has 0 fully saturated rings. The fourth-order valence-corrected chi connectivity index (χ4v) is 2.88. The number of nitrogens with one attached hydrogen (secondary N) is 1. The summed E-state index contributed by atoms with van der Waals surface area (Å²) < 4.78 is 6.42. The van der Waals surface area contributed by atoms with Gasteiger partial charge in [0.2, 0.25) is 5.91 Å². The molecule has 2 rings (SSSR count). The minimum absolute atomic E-state index is 0.102. The molecule has 1 N–H and O–H groups in total. The maximum absolute atomic E-state index is 11.9. The predicted octanol–water partition coefficient (Wildman–Crippen LogP) is 1.95. The first kappa shape index (κ1) is 19.0. The van der Waals surface area contributed by atoms with Crippen molar-refractivity contribution in [3.8, 4) is 11.4 Å². The number of hydrogen-bond acceptors (Lipinski definition) is 6. The molecule has 7 nitrogen and oxygen atoms in total. The summed E-state index contributed by atoms with van der Waals surface area (Å²) in [5, 5.41) is 11.8. The summed E-state index contributed by atoms with van der Waals surface area (Å²) in [6, 6.07) is 8.06. The molecule has 1 amide bonds. The number of esters is 1. The van der Waals surface area contributed by atoms with Crippen molar-refractivity contribution in [3.63, 3.8) is 0 Å². The summed E-state index contributed by atoms with van der Waals surface area (Å²) in [4.78, 5) is 22.8. The Morgan fingerprint density at radius 3 is 2.64 bits per heavy atom. The van der Waals surface area contributed by atoms with Crippen LogP contribution in [-0.2, 0) is 21.4 Å².